The number of ether oxygens (including phenoxy) is 2. The minimum Gasteiger partial charge on any atom is -0.457 e. The van der Waals surface area contributed by atoms with Crippen LogP contribution in [-0.2, 0) is 14.3 Å². The van der Waals surface area contributed by atoms with E-state index in [0.29, 0.717) is 19.6 Å². The van der Waals surface area contributed by atoms with Gasteiger partial charge in [-0.25, -0.2) is 0 Å². The van der Waals surface area contributed by atoms with E-state index >= 15 is 0 Å². The molecule has 240 valence electrons. The van der Waals surface area contributed by atoms with Gasteiger partial charge in [0.15, 0.2) is 0 Å². The van der Waals surface area contributed by atoms with Gasteiger partial charge in [-0.3, -0.25) is 4.79 Å². The van der Waals surface area contributed by atoms with Gasteiger partial charge in [-0.2, -0.15) is 0 Å². The smallest absolute Gasteiger partial charge is 0.306 e. The fourth-order valence-electron chi connectivity index (χ4n) is 5.45. The topological polar surface area (TPSA) is 55.8 Å². The van der Waals surface area contributed by atoms with E-state index in [1.54, 1.807) is 0 Å². The minimum absolute atomic E-state index is 0.164. The third kappa shape index (κ3) is 31.9. The SMILES string of the molecule is CCCCCCCCCCCCCCCCCCCCC(=O)OC(CO)COCCCCCCCCCCCC. The number of aliphatic hydroxyl groups is 1. The van der Waals surface area contributed by atoms with Gasteiger partial charge in [0.25, 0.3) is 0 Å². The van der Waals surface area contributed by atoms with E-state index < -0.39 is 6.10 Å². The Morgan fingerprint density at radius 2 is 0.825 bits per heavy atom. The Morgan fingerprint density at radius 1 is 0.500 bits per heavy atom. The van der Waals surface area contributed by atoms with Gasteiger partial charge in [-0.1, -0.05) is 181 Å². The second-order valence-corrected chi connectivity index (χ2v) is 12.3. The van der Waals surface area contributed by atoms with Gasteiger partial charge in [0.05, 0.1) is 13.2 Å². The molecule has 0 aliphatic heterocycles. The average molecular weight is 569 g/mol. The molecule has 1 unspecified atom stereocenters. The Bertz CT molecular complexity index is 481. The van der Waals surface area contributed by atoms with E-state index in [1.165, 1.54) is 161 Å². The summed E-state index contributed by atoms with van der Waals surface area (Å²) in [7, 11) is 0. The third-order valence-electron chi connectivity index (χ3n) is 8.18. The lowest BCUT2D eigenvalue weighted by Gasteiger charge is -2.16. The summed E-state index contributed by atoms with van der Waals surface area (Å²) >= 11 is 0. The first-order valence-corrected chi connectivity index (χ1v) is 18.1. The molecule has 40 heavy (non-hydrogen) atoms. The highest BCUT2D eigenvalue weighted by Crippen LogP contribution is 2.15. The fourth-order valence-corrected chi connectivity index (χ4v) is 5.45. The molecule has 0 saturated heterocycles. The normalized spacial score (nSPS) is 12.2. The highest BCUT2D eigenvalue weighted by molar-refractivity contribution is 5.69. The summed E-state index contributed by atoms with van der Waals surface area (Å²) in [5, 5.41) is 9.52. The Kier molecular flexibility index (Phi) is 34.1. The van der Waals surface area contributed by atoms with Crippen molar-refractivity contribution in [1.82, 2.24) is 0 Å². The molecular weight excluding hydrogens is 496 g/mol. The van der Waals surface area contributed by atoms with Crippen LogP contribution in [0.3, 0.4) is 0 Å². The predicted octanol–water partition coefficient (Wildman–Crippen LogP) is 11.3. The van der Waals surface area contributed by atoms with Crippen LogP contribution >= 0.6 is 0 Å². The van der Waals surface area contributed by atoms with Gasteiger partial charge in [-0.15, -0.1) is 0 Å². The molecule has 4 heteroatoms. The van der Waals surface area contributed by atoms with Crippen molar-refractivity contribution in [3.8, 4) is 0 Å². The quantitative estimate of drug-likeness (QED) is 0.0619. The highest BCUT2D eigenvalue weighted by atomic mass is 16.6. The first-order valence-electron chi connectivity index (χ1n) is 18.1. The van der Waals surface area contributed by atoms with Crippen LogP contribution < -0.4 is 0 Å². The zero-order chi connectivity index (χ0) is 29.2. The number of carbonyl (C=O) groups excluding carboxylic acids is 1. The lowest BCUT2D eigenvalue weighted by atomic mass is 10.0. The molecule has 0 heterocycles. The number of carbonyl (C=O) groups is 1. The zero-order valence-corrected chi connectivity index (χ0v) is 27.4. The van der Waals surface area contributed by atoms with Crippen molar-refractivity contribution in [2.45, 2.75) is 206 Å². The zero-order valence-electron chi connectivity index (χ0n) is 27.4. The van der Waals surface area contributed by atoms with E-state index in [4.69, 9.17) is 9.47 Å². The van der Waals surface area contributed by atoms with Crippen LogP contribution in [0.4, 0.5) is 0 Å². The van der Waals surface area contributed by atoms with Gasteiger partial charge >= 0.3 is 5.97 Å². The van der Waals surface area contributed by atoms with Gasteiger partial charge in [0, 0.05) is 13.0 Å². The molecule has 0 aliphatic carbocycles. The maximum absolute atomic E-state index is 12.1. The Labute approximate surface area is 251 Å². The van der Waals surface area contributed by atoms with Crippen LogP contribution in [0, 0.1) is 0 Å². The molecule has 0 rings (SSSR count). The van der Waals surface area contributed by atoms with Crippen molar-refractivity contribution in [1.29, 1.82) is 0 Å². The summed E-state index contributed by atoms with van der Waals surface area (Å²) in [5.41, 5.74) is 0. The molecule has 0 bridgehead atoms. The lowest BCUT2D eigenvalue weighted by Crippen LogP contribution is -2.27. The molecule has 4 nitrogen and oxygen atoms in total. The molecule has 0 fully saturated rings. The van der Waals surface area contributed by atoms with E-state index in [1.807, 2.05) is 0 Å². The van der Waals surface area contributed by atoms with Gasteiger partial charge in [-0.05, 0) is 12.8 Å². The monoisotopic (exact) mass is 569 g/mol. The van der Waals surface area contributed by atoms with Crippen molar-refractivity contribution >= 4 is 5.97 Å². The maximum atomic E-state index is 12.1. The maximum Gasteiger partial charge on any atom is 0.306 e. The van der Waals surface area contributed by atoms with Crippen LogP contribution in [0.25, 0.3) is 0 Å². The summed E-state index contributed by atoms with van der Waals surface area (Å²) in [6.45, 7) is 5.37. The van der Waals surface area contributed by atoms with Gasteiger partial charge < -0.3 is 14.6 Å². The van der Waals surface area contributed by atoms with Crippen molar-refractivity contribution in [2.75, 3.05) is 19.8 Å². The minimum atomic E-state index is -0.522. The summed E-state index contributed by atoms with van der Waals surface area (Å²) < 4.78 is 11.1. The molecule has 0 aromatic rings. The van der Waals surface area contributed by atoms with Crippen LogP contribution in [0.15, 0.2) is 0 Å². The molecule has 0 aliphatic rings. The van der Waals surface area contributed by atoms with Crippen molar-refractivity contribution < 1.29 is 19.4 Å². The van der Waals surface area contributed by atoms with Crippen molar-refractivity contribution in [2.24, 2.45) is 0 Å². The molecule has 0 radical (unpaired) electrons. The van der Waals surface area contributed by atoms with E-state index in [2.05, 4.69) is 13.8 Å². The molecule has 0 spiro atoms. The molecular formula is C36H72O4. The number of esters is 1. The van der Waals surface area contributed by atoms with E-state index in [0.717, 1.165) is 19.3 Å². The molecule has 1 N–H and O–H groups in total. The molecule has 0 aromatic carbocycles. The Morgan fingerprint density at radius 3 is 1.18 bits per heavy atom. The molecule has 0 amide bonds. The van der Waals surface area contributed by atoms with Crippen LogP contribution in [-0.4, -0.2) is 37.0 Å². The second-order valence-electron chi connectivity index (χ2n) is 12.3. The average Bonchev–Trinajstić information content (AvgIpc) is 2.96. The van der Waals surface area contributed by atoms with E-state index in [-0.39, 0.29) is 12.6 Å². The summed E-state index contributed by atoms with van der Waals surface area (Å²) in [6.07, 6.45) is 37.1. The Balaban J connectivity index is 3.37. The largest absolute Gasteiger partial charge is 0.457 e. The standard InChI is InChI=1S/C36H72O4/c1-3-5-7-9-11-13-15-16-17-18-19-20-21-22-23-25-27-29-31-36(38)40-35(33-37)34-39-32-30-28-26-24-14-12-10-8-6-4-2/h35,37H,3-34H2,1-2H3. The summed E-state index contributed by atoms with van der Waals surface area (Å²) in [4.78, 5) is 12.1. The lowest BCUT2D eigenvalue weighted by molar-refractivity contribution is -0.154. The first kappa shape index (κ1) is 39.4. The number of aliphatic hydroxyl groups excluding tert-OH is 1. The summed E-state index contributed by atoms with van der Waals surface area (Å²) in [5.74, 6) is -0.196. The number of unbranched alkanes of at least 4 members (excludes halogenated alkanes) is 26. The van der Waals surface area contributed by atoms with Gasteiger partial charge in [0.1, 0.15) is 6.10 Å². The fraction of sp³-hybridized carbons (Fsp3) is 0.972. The van der Waals surface area contributed by atoms with Crippen LogP contribution in [0.2, 0.25) is 0 Å². The molecule has 0 aromatic heterocycles. The second kappa shape index (κ2) is 34.6. The van der Waals surface area contributed by atoms with E-state index in [9.17, 15) is 9.90 Å². The van der Waals surface area contributed by atoms with Crippen LogP contribution in [0.1, 0.15) is 200 Å². The van der Waals surface area contributed by atoms with Gasteiger partial charge in [0.2, 0.25) is 0 Å². The molecule has 1 atom stereocenters. The van der Waals surface area contributed by atoms with Crippen molar-refractivity contribution in [3.63, 3.8) is 0 Å². The number of rotatable bonds is 34. The molecule has 0 saturated carbocycles. The predicted molar refractivity (Wildman–Crippen MR) is 173 cm³/mol. The Hall–Kier alpha value is -0.610. The number of hydrogen-bond donors (Lipinski definition) is 1. The summed E-state index contributed by atoms with van der Waals surface area (Å²) in [6, 6.07) is 0. The number of hydrogen-bond acceptors (Lipinski definition) is 4. The third-order valence-corrected chi connectivity index (χ3v) is 8.18. The van der Waals surface area contributed by atoms with Crippen molar-refractivity contribution in [3.05, 3.63) is 0 Å². The first-order chi connectivity index (χ1) is 19.7. The highest BCUT2D eigenvalue weighted by Gasteiger charge is 2.13. The van der Waals surface area contributed by atoms with Crippen LogP contribution in [0.5, 0.6) is 0 Å².